The number of anilines is 1. The van der Waals surface area contributed by atoms with E-state index in [1.807, 2.05) is 18.2 Å². The van der Waals surface area contributed by atoms with E-state index in [0.717, 1.165) is 5.69 Å². The molecule has 0 fully saturated rings. The molecule has 0 aliphatic heterocycles. The number of nitrogens with zero attached hydrogens (tertiary/aromatic N) is 3. The number of carbonyl (C=O) groups excluding carboxylic acids is 1. The van der Waals surface area contributed by atoms with Crippen LogP contribution in [-0.4, -0.2) is 20.7 Å². The molecule has 2 N–H and O–H groups in total. The molecule has 22 heavy (non-hydrogen) atoms. The lowest BCUT2D eigenvalue weighted by Gasteiger charge is -2.03. The van der Waals surface area contributed by atoms with Crippen LogP contribution in [0, 0.1) is 25.2 Å². The summed E-state index contributed by atoms with van der Waals surface area (Å²) >= 11 is 0. The zero-order valence-electron chi connectivity index (χ0n) is 12.0. The molecule has 0 saturated heterocycles. The molecule has 1 amide bonds. The van der Waals surface area contributed by atoms with Gasteiger partial charge >= 0.3 is 0 Å². The minimum atomic E-state index is -0.402. The second-order valence-corrected chi connectivity index (χ2v) is 4.78. The molecule has 7 nitrogen and oxygen atoms in total. The van der Waals surface area contributed by atoms with E-state index in [1.165, 1.54) is 6.20 Å². The Morgan fingerprint density at radius 2 is 2.14 bits per heavy atom. The summed E-state index contributed by atoms with van der Waals surface area (Å²) in [6.45, 7) is 3.45. The molecule has 3 rings (SSSR count). The van der Waals surface area contributed by atoms with Crippen molar-refractivity contribution in [1.82, 2.24) is 14.8 Å². The molecule has 0 saturated carbocycles. The highest BCUT2D eigenvalue weighted by molar-refractivity contribution is 6.07. The maximum absolute atomic E-state index is 12.5. The van der Waals surface area contributed by atoms with Crippen LogP contribution in [0.4, 0.5) is 5.69 Å². The van der Waals surface area contributed by atoms with Crippen LogP contribution in [0.3, 0.4) is 0 Å². The van der Waals surface area contributed by atoms with Gasteiger partial charge in [-0.15, -0.1) is 0 Å². The lowest BCUT2D eigenvalue weighted by molar-refractivity contribution is 0.102. The number of aryl methyl sites for hydroxylation is 2. The van der Waals surface area contributed by atoms with E-state index < -0.39 is 5.91 Å². The molecule has 110 valence electrons. The van der Waals surface area contributed by atoms with Crippen LogP contribution in [0.25, 0.3) is 5.88 Å². The van der Waals surface area contributed by atoms with Crippen molar-refractivity contribution in [2.45, 2.75) is 13.8 Å². The average molecular weight is 295 g/mol. The van der Waals surface area contributed by atoms with Gasteiger partial charge in [0.05, 0.1) is 17.6 Å². The Kier molecular flexibility index (Phi) is 3.27. The fourth-order valence-electron chi connectivity index (χ4n) is 2.22. The van der Waals surface area contributed by atoms with Crippen molar-refractivity contribution in [3.63, 3.8) is 0 Å². The van der Waals surface area contributed by atoms with Crippen molar-refractivity contribution >= 4 is 11.6 Å². The fraction of sp³-hybridized carbons (Fsp3) is 0.133. The van der Waals surface area contributed by atoms with Crippen molar-refractivity contribution in [3.8, 4) is 12.0 Å². The van der Waals surface area contributed by atoms with Crippen molar-refractivity contribution < 1.29 is 9.21 Å². The predicted molar refractivity (Wildman–Crippen MR) is 78.8 cm³/mol. The maximum Gasteiger partial charge on any atom is 0.260 e. The van der Waals surface area contributed by atoms with E-state index in [4.69, 9.17) is 4.42 Å². The third-order valence-electron chi connectivity index (χ3n) is 3.32. The maximum atomic E-state index is 12.5. The summed E-state index contributed by atoms with van der Waals surface area (Å²) in [5, 5.41) is 18.7. The van der Waals surface area contributed by atoms with Crippen LogP contribution in [0.1, 0.15) is 27.4 Å². The lowest BCUT2D eigenvalue weighted by Crippen LogP contribution is -2.14. The van der Waals surface area contributed by atoms with E-state index >= 15 is 0 Å². The molecular weight excluding hydrogens is 282 g/mol. The van der Waals surface area contributed by atoms with Crippen LogP contribution >= 0.6 is 0 Å². The first-order valence-corrected chi connectivity index (χ1v) is 6.60. The highest BCUT2D eigenvalue weighted by atomic mass is 16.4. The Morgan fingerprint density at radius 3 is 2.73 bits per heavy atom. The summed E-state index contributed by atoms with van der Waals surface area (Å²) in [5.41, 5.74) is 1.73. The first-order valence-electron chi connectivity index (χ1n) is 6.60. The predicted octanol–water partition coefficient (Wildman–Crippen LogP) is 2.53. The fourth-order valence-corrected chi connectivity index (χ4v) is 2.22. The number of furan rings is 1. The third-order valence-corrected chi connectivity index (χ3v) is 3.32. The van der Waals surface area contributed by atoms with Crippen molar-refractivity contribution in [2.75, 3.05) is 5.32 Å². The summed E-state index contributed by atoms with van der Waals surface area (Å²) in [7, 11) is 0. The molecule has 3 heterocycles. The van der Waals surface area contributed by atoms with Crippen LogP contribution in [0.5, 0.6) is 0 Å². The number of rotatable bonds is 3. The molecule has 0 aliphatic rings. The molecule has 0 radical (unpaired) electrons. The molecule has 3 aromatic rings. The first-order chi connectivity index (χ1) is 10.6. The summed E-state index contributed by atoms with van der Waals surface area (Å²) in [6.07, 6.45) is 5.02. The van der Waals surface area contributed by atoms with Gasteiger partial charge in [-0.3, -0.25) is 14.5 Å². The molecule has 0 aliphatic carbocycles. The number of hydrogen-bond donors (Lipinski definition) is 2. The largest absolute Gasteiger partial charge is 0.443 e. The normalized spacial score (nSPS) is 10.4. The van der Waals surface area contributed by atoms with E-state index in [9.17, 15) is 10.1 Å². The molecule has 0 atom stereocenters. The summed E-state index contributed by atoms with van der Waals surface area (Å²) in [6, 6.07) is 5.68. The number of aromatic nitrogens is 3. The van der Waals surface area contributed by atoms with Crippen molar-refractivity contribution in [3.05, 3.63) is 53.3 Å². The van der Waals surface area contributed by atoms with E-state index in [0.29, 0.717) is 17.3 Å². The van der Waals surface area contributed by atoms with Gasteiger partial charge in [-0.2, -0.15) is 10.4 Å². The van der Waals surface area contributed by atoms with E-state index in [-0.39, 0.29) is 11.1 Å². The molecular formula is C15H13N5O2. The van der Waals surface area contributed by atoms with Gasteiger partial charge in [0.25, 0.3) is 5.91 Å². The SMILES string of the molecule is Cc1[nH]ncc1NC(=O)c1c(C)oc(-n2cccc2)c1C#N. The summed E-state index contributed by atoms with van der Waals surface area (Å²) in [4.78, 5) is 12.5. The number of aromatic amines is 1. The topological polar surface area (TPSA) is 99.6 Å². The van der Waals surface area contributed by atoms with Crippen LogP contribution in [0.2, 0.25) is 0 Å². The first kappa shape index (κ1) is 13.7. The Balaban J connectivity index is 2.02. The lowest BCUT2D eigenvalue weighted by atomic mass is 10.1. The van der Waals surface area contributed by atoms with Gasteiger partial charge in [-0.25, -0.2) is 0 Å². The van der Waals surface area contributed by atoms with Gasteiger partial charge < -0.3 is 9.73 Å². The summed E-state index contributed by atoms with van der Waals surface area (Å²) in [5.74, 6) is 0.318. The van der Waals surface area contributed by atoms with Crippen LogP contribution < -0.4 is 5.32 Å². The molecule has 3 aromatic heterocycles. The van der Waals surface area contributed by atoms with Crippen molar-refractivity contribution in [1.29, 1.82) is 5.26 Å². The van der Waals surface area contributed by atoms with Gasteiger partial charge in [0.1, 0.15) is 23.0 Å². The Bertz CT molecular complexity index is 865. The van der Waals surface area contributed by atoms with Gasteiger partial charge in [-0.1, -0.05) is 0 Å². The number of hydrogen-bond acceptors (Lipinski definition) is 4. The highest BCUT2D eigenvalue weighted by Crippen LogP contribution is 2.26. The standard InChI is InChI=1S/C15H13N5O2/c1-9-12(8-17-19-9)18-14(21)13-10(2)22-15(11(13)7-16)20-5-3-4-6-20/h3-6,8H,1-2H3,(H,17,19)(H,18,21). The number of amides is 1. The van der Waals surface area contributed by atoms with Crippen LogP contribution in [0.15, 0.2) is 35.1 Å². The average Bonchev–Trinajstić information content (AvgIpc) is 3.19. The quantitative estimate of drug-likeness (QED) is 0.775. The van der Waals surface area contributed by atoms with Gasteiger partial charge in [0, 0.05) is 12.4 Å². The molecule has 0 aromatic carbocycles. The second kappa shape index (κ2) is 5.26. The molecule has 0 unspecified atom stereocenters. The zero-order valence-corrected chi connectivity index (χ0v) is 12.0. The minimum absolute atomic E-state index is 0.201. The van der Waals surface area contributed by atoms with Gasteiger partial charge in [0.15, 0.2) is 0 Å². The zero-order chi connectivity index (χ0) is 15.7. The van der Waals surface area contributed by atoms with Gasteiger partial charge in [0.2, 0.25) is 5.88 Å². The monoisotopic (exact) mass is 295 g/mol. The number of nitriles is 1. The number of carbonyl (C=O) groups is 1. The molecule has 0 spiro atoms. The highest BCUT2D eigenvalue weighted by Gasteiger charge is 2.25. The van der Waals surface area contributed by atoms with E-state index in [2.05, 4.69) is 15.5 Å². The molecule has 0 bridgehead atoms. The van der Waals surface area contributed by atoms with Crippen molar-refractivity contribution in [2.24, 2.45) is 0 Å². The second-order valence-electron chi connectivity index (χ2n) is 4.78. The Hall–Kier alpha value is -3.27. The Labute approximate surface area is 126 Å². The van der Waals surface area contributed by atoms with E-state index in [1.54, 1.807) is 30.8 Å². The molecule has 7 heteroatoms. The number of H-pyrrole nitrogens is 1. The Morgan fingerprint density at radius 1 is 1.41 bits per heavy atom. The third kappa shape index (κ3) is 2.16. The van der Waals surface area contributed by atoms with Crippen LogP contribution in [-0.2, 0) is 0 Å². The minimum Gasteiger partial charge on any atom is -0.443 e. The number of nitrogens with one attached hydrogen (secondary N) is 2. The smallest absolute Gasteiger partial charge is 0.260 e. The summed E-state index contributed by atoms with van der Waals surface area (Å²) < 4.78 is 7.27. The van der Waals surface area contributed by atoms with Gasteiger partial charge in [-0.05, 0) is 26.0 Å².